The molecular formula is C42H56O3. The molecule has 45 heavy (non-hydrogen) atoms. The Kier molecular flexibility index (Phi) is 9.38. The number of aromatic hydroxyl groups is 1. The van der Waals surface area contributed by atoms with Crippen LogP contribution in [0, 0.1) is 46.3 Å². The van der Waals surface area contributed by atoms with E-state index in [1.54, 1.807) is 42.0 Å². The van der Waals surface area contributed by atoms with Gasteiger partial charge in [0.25, 0.3) is 0 Å². The summed E-state index contributed by atoms with van der Waals surface area (Å²) in [5.74, 6) is 6.21. The summed E-state index contributed by atoms with van der Waals surface area (Å²) in [5, 5.41) is 9.46. The van der Waals surface area contributed by atoms with Crippen LogP contribution >= 0.6 is 0 Å². The Bertz CT molecular complexity index is 1380. The third kappa shape index (κ3) is 6.56. The molecule has 4 unspecified atom stereocenters. The zero-order valence-corrected chi connectivity index (χ0v) is 28.4. The van der Waals surface area contributed by atoms with Crippen molar-refractivity contribution in [2.45, 2.75) is 111 Å². The fraction of sp³-hybridized carbons (Fsp3) is 0.595. The first-order chi connectivity index (χ1) is 21.6. The molecule has 0 saturated heterocycles. The zero-order chi connectivity index (χ0) is 31.8. The van der Waals surface area contributed by atoms with Gasteiger partial charge in [-0.05, 0) is 139 Å². The lowest BCUT2D eigenvalue weighted by Crippen LogP contribution is -2.51. The van der Waals surface area contributed by atoms with Crippen molar-refractivity contribution in [2.75, 3.05) is 0 Å². The highest BCUT2D eigenvalue weighted by Crippen LogP contribution is 2.67. The molecule has 3 heteroatoms. The first kappa shape index (κ1) is 32.1. The van der Waals surface area contributed by atoms with Crippen LogP contribution in [-0.2, 0) is 0 Å². The molecule has 3 saturated carbocycles. The van der Waals surface area contributed by atoms with Gasteiger partial charge in [-0.1, -0.05) is 83.7 Å². The molecule has 0 radical (unpaired) electrons. The first-order valence-electron chi connectivity index (χ1n) is 18.0. The van der Waals surface area contributed by atoms with E-state index in [0.29, 0.717) is 16.4 Å². The van der Waals surface area contributed by atoms with Crippen molar-refractivity contribution in [3.63, 3.8) is 0 Å². The molecule has 0 amide bonds. The van der Waals surface area contributed by atoms with Gasteiger partial charge in [-0.3, -0.25) is 4.79 Å². The van der Waals surface area contributed by atoms with Crippen molar-refractivity contribution < 1.29 is 14.6 Å². The van der Waals surface area contributed by atoms with Crippen LogP contribution in [0.5, 0.6) is 11.5 Å². The van der Waals surface area contributed by atoms with Gasteiger partial charge in [-0.15, -0.1) is 0 Å². The lowest BCUT2D eigenvalue weighted by molar-refractivity contribution is -0.0559. The molecule has 2 aromatic carbocycles. The smallest absolute Gasteiger partial charge is 0.185 e. The molecule has 4 aliphatic rings. The van der Waals surface area contributed by atoms with Crippen molar-refractivity contribution in [1.29, 1.82) is 0 Å². The van der Waals surface area contributed by atoms with Crippen molar-refractivity contribution in [3.8, 4) is 11.5 Å². The van der Waals surface area contributed by atoms with Crippen LogP contribution in [0.1, 0.15) is 121 Å². The maximum Gasteiger partial charge on any atom is 0.185 e. The predicted octanol–water partition coefficient (Wildman–Crippen LogP) is 11.1. The van der Waals surface area contributed by atoms with E-state index in [4.69, 9.17) is 4.74 Å². The number of hydrogen-bond donors (Lipinski definition) is 1. The number of allylic oxidation sites excluding steroid dienone is 2. The second kappa shape index (κ2) is 13.1. The van der Waals surface area contributed by atoms with Gasteiger partial charge in [-0.25, -0.2) is 0 Å². The Morgan fingerprint density at radius 1 is 0.933 bits per heavy atom. The molecule has 0 aliphatic heterocycles. The second-order valence-corrected chi connectivity index (χ2v) is 16.1. The topological polar surface area (TPSA) is 46.5 Å². The molecule has 6 rings (SSSR count). The summed E-state index contributed by atoms with van der Waals surface area (Å²) in [5.41, 5.74) is 4.05. The van der Waals surface area contributed by atoms with Gasteiger partial charge in [0.1, 0.15) is 17.6 Å². The molecule has 3 fully saturated rings. The minimum absolute atomic E-state index is 0.0391. The Hall–Kier alpha value is -2.81. The Morgan fingerprint density at radius 2 is 1.69 bits per heavy atom. The standard InChI is InChI=1S/C42H56O3/c1-28(2)7-6-8-29(3)37-20-21-38-36-19-14-32-27-35(23-25-41(32,4)39(36)24-26-42(37,38)5)45-34-17-12-31(13-18-34)40(44)22-11-30-9-15-33(43)16-10-30/h9-18,22,28-29,35-39,43H,6-8,19-21,23-27H2,1-5H3/t29-,35?,36?,37-,38?,39?,41+,42-/m1/s1. The molecule has 3 nitrogen and oxygen atoms in total. The number of ketones is 1. The van der Waals surface area contributed by atoms with Gasteiger partial charge >= 0.3 is 0 Å². The maximum absolute atomic E-state index is 12.7. The van der Waals surface area contributed by atoms with Crippen LogP contribution in [0.3, 0.4) is 0 Å². The summed E-state index contributed by atoms with van der Waals surface area (Å²) in [6, 6.07) is 14.5. The van der Waals surface area contributed by atoms with E-state index in [9.17, 15) is 9.90 Å². The fourth-order valence-corrected chi connectivity index (χ4v) is 10.5. The average molecular weight is 609 g/mol. The Morgan fingerprint density at radius 3 is 2.42 bits per heavy atom. The van der Waals surface area contributed by atoms with Gasteiger partial charge in [0, 0.05) is 12.0 Å². The maximum atomic E-state index is 12.7. The quantitative estimate of drug-likeness (QED) is 0.166. The molecule has 1 N–H and O–H groups in total. The largest absolute Gasteiger partial charge is 0.508 e. The van der Waals surface area contributed by atoms with Gasteiger partial charge in [-0.2, -0.15) is 0 Å². The third-order valence-corrected chi connectivity index (χ3v) is 13.0. The van der Waals surface area contributed by atoms with Crippen molar-refractivity contribution >= 4 is 11.9 Å². The van der Waals surface area contributed by atoms with Crippen LogP contribution in [0.25, 0.3) is 6.08 Å². The molecule has 2 aromatic rings. The molecule has 8 atom stereocenters. The fourth-order valence-electron chi connectivity index (χ4n) is 10.5. The van der Waals surface area contributed by atoms with E-state index in [2.05, 4.69) is 40.7 Å². The van der Waals surface area contributed by atoms with E-state index >= 15 is 0 Å². The summed E-state index contributed by atoms with van der Waals surface area (Å²) in [6.07, 6.45) is 20.8. The van der Waals surface area contributed by atoms with Crippen LogP contribution in [0.4, 0.5) is 0 Å². The molecule has 242 valence electrons. The highest BCUT2D eigenvalue weighted by atomic mass is 16.5. The van der Waals surface area contributed by atoms with E-state index in [0.717, 1.165) is 59.7 Å². The molecular weight excluding hydrogens is 552 g/mol. The number of carbonyl (C=O) groups excluding carboxylic acids is 1. The lowest BCUT2D eigenvalue weighted by Gasteiger charge is -2.58. The van der Waals surface area contributed by atoms with E-state index in [-0.39, 0.29) is 17.6 Å². The van der Waals surface area contributed by atoms with Crippen LogP contribution in [-0.4, -0.2) is 17.0 Å². The summed E-state index contributed by atoms with van der Waals surface area (Å²) in [6.45, 7) is 12.6. The van der Waals surface area contributed by atoms with Crippen LogP contribution < -0.4 is 4.74 Å². The summed E-state index contributed by atoms with van der Waals surface area (Å²) >= 11 is 0. The van der Waals surface area contributed by atoms with Gasteiger partial charge in [0.05, 0.1) is 0 Å². The summed E-state index contributed by atoms with van der Waals surface area (Å²) in [4.78, 5) is 12.7. The number of phenolic OH excluding ortho intramolecular Hbond substituents is 1. The normalized spacial score (nSPS) is 33.3. The van der Waals surface area contributed by atoms with E-state index in [1.165, 1.54) is 57.8 Å². The average Bonchev–Trinajstić information content (AvgIpc) is 3.38. The molecule has 4 aliphatic carbocycles. The molecule has 0 aromatic heterocycles. The predicted molar refractivity (Wildman–Crippen MR) is 185 cm³/mol. The lowest BCUT2D eigenvalue weighted by atomic mass is 9.47. The SMILES string of the molecule is CC(C)CCC[C@@H](C)[C@H]1CCC2C3CC=C4CC(Oc5ccc(C(=O)C=Cc6ccc(O)cc6)cc5)CC[C@]4(C)C3CC[C@@]21C. The number of carbonyl (C=O) groups is 1. The Balaban J connectivity index is 1.06. The van der Waals surface area contributed by atoms with Gasteiger partial charge in [0.2, 0.25) is 0 Å². The number of rotatable bonds is 10. The van der Waals surface area contributed by atoms with Crippen molar-refractivity contribution in [3.05, 3.63) is 77.4 Å². The van der Waals surface area contributed by atoms with Gasteiger partial charge < -0.3 is 9.84 Å². The van der Waals surface area contributed by atoms with Crippen LogP contribution in [0.15, 0.2) is 66.3 Å². The number of hydrogen-bond acceptors (Lipinski definition) is 3. The number of benzene rings is 2. The van der Waals surface area contributed by atoms with Crippen molar-refractivity contribution in [2.24, 2.45) is 46.3 Å². The number of phenols is 1. The van der Waals surface area contributed by atoms with Crippen molar-refractivity contribution in [1.82, 2.24) is 0 Å². The summed E-state index contributed by atoms with van der Waals surface area (Å²) in [7, 11) is 0. The number of fused-ring (bicyclic) bond motifs is 5. The third-order valence-electron chi connectivity index (χ3n) is 13.0. The van der Waals surface area contributed by atoms with Crippen LogP contribution in [0.2, 0.25) is 0 Å². The highest BCUT2D eigenvalue weighted by Gasteiger charge is 2.59. The highest BCUT2D eigenvalue weighted by molar-refractivity contribution is 6.06. The minimum atomic E-state index is -0.0391. The molecule has 0 bridgehead atoms. The molecule has 0 heterocycles. The monoisotopic (exact) mass is 608 g/mol. The second-order valence-electron chi connectivity index (χ2n) is 16.1. The number of ether oxygens (including phenoxy) is 1. The summed E-state index contributed by atoms with van der Waals surface area (Å²) < 4.78 is 6.54. The first-order valence-corrected chi connectivity index (χ1v) is 18.0. The van der Waals surface area contributed by atoms with Gasteiger partial charge in [0.15, 0.2) is 5.78 Å². The van der Waals surface area contributed by atoms with E-state index < -0.39 is 0 Å². The minimum Gasteiger partial charge on any atom is -0.508 e. The zero-order valence-electron chi connectivity index (χ0n) is 28.4. The van der Waals surface area contributed by atoms with E-state index in [1.807, 2.05) is 24.3 Å². The molecule has 0 spiro atoms. The Labute approximate surface area is 272 Å².